The number of hydrogen-bond donors (Lipinski definition) is 0. The van der Waals surface area contributed by atoms with Gasteiger partial charge in [0.1, 0.15) is 11.6 Å². The zero-order valence-electron chi connectivity index (χ0n) is 15.4. The van der Waals surface area contributed by atoms with Crippen molar-refractivity contribution in [2.45, 2.75) is 30.3 Å². The maximum atomic E-state index is 14.2. The van der Waals surface area contributed by atoms with Crippen molar-refractivity contribution >= 4 is 15.7 Å². The average Bonchev–Trinajstić information content (AvgIpc) is 3.06. The Bertz CT molecular complexity index is 983. The lowest BCUT2D eigenvalue weighted by Gasteiger charge is -2.36. The summed E-state index contributed by atoms with van der Waals surface area (Å²) in [5, 5.41) is 7.66. The summed E-state index contributed by atoms with van der Waals surface area (Å²) in [5.74, 6) is -2.13. The molecule has 158 valence electrons. The molecule has 2 bridgehead atoms. The van der Waals surface area contributed by atoms with Gasteiger partial charge in [0.05, 0.1) is 23.3 Å². The van der Waals surface area contributed by atoms with E-state index in [1.165, 1.54) is 12.1 Å². The van der Waals surface area contributed by atoms with Crippen LogP contribution in [-0.4, -0.2) is 37.4 Å². The predicted octanol–water partition coefficient (Wildman–Crippen LogP) is 4.65. The molecule has 0 N–H and O–H groups in total. The van der Waals surface area contributed by atoms with Crippen LogP contribution >= 0.6 is 0 Å². The molecule has 2 aliphatic rings. The first-order chi connectivity index (χ1) is 13.4. The fourth-order valence-electron chi connectivity index (χ4n) is 3.79. The molecule has 1 heterocycles. The molecule has 0 radical (unpaired) electrons. The lowest BCUT2D eigenvalue weighted by atomic mass is 9.92. The van der Waals surface area contributed by atoms with Crippen LogP contribution in [0.1, 0.15) is 24.8 Å². The molecular formula is C18H18F5N3O2S. The molecule has 1 aliphatic carbocycles. The van der Waals surface area contributed by atoms with Crippen molar-refractivity contribution in [1.29, 1.82) is 0 Å². The summed E-state index contributed by atoms with van der Waals surface area (Å²) in [6, 6.07) is 3.27. The van der Waals surface area contributed by atoms with Gasteiger partial charge in [-0.1, -0.05) is 12.6 Å². The number of halogens is 5. The zero-order chi connectivity index (χ0) is 21.6. The molecule has 0 aromatic heterocycles. The molecule has 11 heteroatoms. The van der Waals surface area contributed by atoms with Crippen molar-refractivity contribution in [3.63, 3.8) is 0 Å². The van der Waals surface area contributed by atoms with E-state index in [-0.39, 0.29) is 31.0 Å². The molecule has 0 spiro atoms. The van der Waals surface area contributed by atoms with Crippen LogP contribution in [0.3, 0.4) is 0 Å². The summed E-state index contributed by atoms with van der Waals surface area (Å²) in [6.45, 7) is 3.48. The topological polar surface area (TPSA) is 62.1 Å². The molecule has 0 unspecified atom stereocenters. The minimum absolute atomic E-state index is 0.0419. The van der Waals surface area contributed by atoms with E-state index >= 15 is 0 Å². The largest absolute Gasteiger partial charge is 0.511 e. The third-order valence-corrected chi connectivity index (χ3v) is 7.21. The van der Waals surface area contributed by atoms with Gasteiger partial charge >= 0.3 is 15.5 Å². The molecular weight excluding hydrogens is 417 g/mol. The van der Waals surface area contributed by atoms with E-state index in [1.54, 1.807) is 0 Å². The molecule has 1 aromatic rings. The van der Waals surface area contributed by atoms with Crippen LogP contribution in [0.4, 0.5) is 22.0 Å². The number of sulfonamides is 1. The van der Waals surface area contributed by atoms with Crippen molar-refractivity contribution in [2.75, 3.05) is 13.6 Å². The van der Waals surface area contributed by atoms with Crippen molar-refractivity contribution in [3.05, 3.63) is 53.6 Å². The van der Waals surface area contributed by atoms with E-state index in [2.05, 4.69) is 16.8 Å². The highest BCUT2D eigenvalue weighted by molar-refractivity contribution is 7.90. The number of hydrogen-bond acceptors (Lipinski definition) is 4. The Hall–Kier alpha value is -2.14. The van der Waals surface area contributed by atoms with Gasteiger partial charge in [-0.05, 0) is 49.0 Å². The molecule has 29 heavy (non-hydrogen) atoms. The lowest BCUT2D eigenvalue weighted by molar-refractivity contribution is -0.0512. The molecule has 2 atom stereocenters. The van der Waals surface area contributed by atoms with E-state index in [1.807, 2.05) is 0 Å². The number of azo groups is 1. The highest BCUT2D eigenvalue weighted by Gasteiger charge is 2.56. The van der Waals surface area contributed by atoms with Crippen LogP contribution in [0.5, 0.6) is 0 Å². The SMILES string of the molecule is C=C1/C=C(/c2c(F)cccc2F)N=NC[C@@]2(N(C)S(=O)(=O)C(F)(F)F)CC[C@@H]1C2. The number of nitrogens with zero attached hydrogens (tertiary/aromatic N) is 3. The van der Waals surface area contributed by atoms with Gasteiger partial charge in [-0.15, -0.1) is 0 Å². The van der Waals surface area contributed by atoms with Gasteiger partial charge in [0.2, 0.25) is 0 Å². The second kappa shape index (κ2) is 7.28. The van der Waals surface area contributed by atoms with E-state index in [9.17, 15) is 30.4 Å². The van der Waals surface area contributed by atoms with Crippen LogP contribution in [0.15, 0.2) is 46.7 Å². The summed E-state index contributed by atoms with van der Waals surface area (Å²) in [5.41, 5.74) is -7.11. The molecule has 1 aliphatic heterocycles. The Balaban J connectivity index is 2.03. The van der Waals surface area contributed by atoms with Gasteiger partial charge in [0, 0.05) is 7.05 Å². The summed E-state index contributed by atoms with van der Waals surface area (Å²) in [7, 11) is -4.72. The number of benzene rings is 1. The van der Waals surface area contributed by atoms with Gasteiger partial charge in [0.25, 0.3) is 0 Å². The third-order valence-electron chi connectivity index (χ3n) is 5.51. The van der Waals surface area contributed by atoms with Crippen LogP contribution in [0.2, 0.25) is 0 Å². The normalized spacial score (nSPS) is 27.3. The van der Waals surface area contributed by atoms with Crippen molar-refractivity contribution in [2.24, 2.45) is 16.1 Å². The minimum Gasteiger partial charge on any atom is -0.206 e. The molecule has 1 aromatic carbocycles. The number of rotatable bonds is 3. The molecule has 0 saturated heterocycles. The van der Waals surface area contributed by atoms with Crippen LogP contribution < -0.4 is 0 Å². The first-order valence-electron chi connectivity index (χ1n) is 8.67. The van der Waals surface area contributed by atoms with Gasteiger partial charge in [-0.2, -0.15) is 27.7 Å². The van der Waals surface area contributed by atoms with E-state index in [0.717, 1.165) is 19.2 Å². The Morgan fingerprint density at radius 2 is 1.86 bits per heavy atom. The number of likely N-dealkylation sites (N-methyl/N-ethyl adjacent to an activating group) is 1. The second-order valence-corrected chi connectivity index (χ2v) is 9.14. The van der Waals surface area contributed by atoms with Gasteiger partial charge in [-0.25, -0.2) is 17.2 Å². The monoisotopic (exact) mass is 435 g/mol. The quantitative estimate of drug-likeness (QED) is 0.649. The highest BCUT2D eigenvalue weighted by atomic mass is 32.2. The van der Waals surface area contributed by atoms with E-state index in [4.69, 9.17) is 0 Å². The second-order valence-electron chi connectivity index (χ2n) is 7.18. The maximum absolute atomic E-state index is 14.2. The Morgan fingerprint density at radius 1 is 1.24 bits per heavy atom. The highest BCUT2D eigenvalue weighted by Crippen LogP contribution is 2.46. The van der Waals surface area contributed by atoms with E-state index in [0.29, 0.717) is 16.3 Å². The van der Waals surface area contributed by atoms with Crippen LogP contribution in [0.25, 0.3) is 5.70 Å². The Morgan fingerprint density at radius 3 is 2.45 bits per heavy atom. The third kappa shape index (κ3) is 3.73. The molecule has 0 amide bonds. The molecule has 3 rings (SSSR count). The molecule has 1 fully saturated rings. The van der Waals surface area contributed by atoms with Gasteiger partial charge < -0.3 is 0 Å². The van der Waals surface area contributed by atoms with Crippen molar-refractivity contribution in [1.82, 2.24) is 4.31 Å². The van der Waals surface area contributed by atoms with Crippen molar-refractivity contribution in [3.8, 4) is 0 Å². The number of fused-ring (bicyclic) bond motifs is 2. The predicted molar refractivity (Wildman–Crippen MR) is 96.0 cm³/mol. The van der Waals surface area contributed by atoms with Gasteiger partial charge in [0.15, 0.2) is 0 Å². The summed E-state index contributed by atoms with van der Waals surface area (Å²) < 4.78 is 91.8. The lowest BCUT2D eigenvalue weighted by Crippen LogP contribution is -2.53. The van der Waals surface area contributed by atoms with Crippen LogP contribution in [-0.2, 0) is 10.0 Å². The summed E-state index contributed by atoms with van der Waals surface area (Å²) in [4.78, 5) is 0. The smallest absolute Gasteiger partial charge is 0.206 e. The Kier molecular flexibility index (Phi) is 5.41. The Labute approximate surface area is 164 Å². The fraction of sp³-hybridized carbons (Fsp3) is 0.444. The zero-order valence-corrected chi connectivity index (χ0v) is 16.2. The van der Waals surface area contributed by atoms with Crippen LogP contribution in [0, 0.1) is 17.6 Å². The first kappa shape index (κ1) is 21.6. The maximum Gasteiger partial charge on any atom is 0.511 e. The van der Waals surface area contributed by atoms with Crippen molar-refractivity contribution < 1.29 is 30.4 Å². The number of alkyl halides is 3. The number of allylic oxidation sites excluding steroid dienone is 2. The summed E-state index contributed by atoms with van der Waals surface area (Å²) in [6.07, 6.45) is 1.86. The van der Waals surface area contributed by atoms with E-state index < -0.39 is 38.3 Å². The molecule has 1 saturated carbocycles. The first-order valence-corrected chi connectivity index (χ1v) is 10.1. The average molecular weight is 435 g/mol. The van der Waals surface area contributed by atoms with Gasteiger partial charge in [-0.3, -0.25) is 0 Å². The fourth-order valence-corrected chi connectivity index (χ4v) is 4.84. The summed E-state index contributed by atoms with van der Waals surface area (Å²) >= 11 is 0. The standard InChI is InChI=1S/C18H18F5N3O2S/c1-11-8-15(16-13(19)4-3-5-14(16)20)25-24-10-17(7-6-12(11)9-17)26(2)29(27,28)18(21,22)23/h3-5,8,12H,1,6-7,9-10H2,2H3/b15-8-,25-24?/t12-,17-/m1/s1. The minimum atomic E-state index is -5.59. The molecule has 5 nitrogen and oxygen atoms in total.